The number of anilines is 8. The molecular formula is C68H68BN3O. The van der Waals surface area contributed by atoms with E-state index in [-0.39, 0.29) is 33.9 Å². The first-order chi connectivity index (χ1) is 34.8. The highest BCUT2D eigenvalue weighted by Crippen LogP contribution is 2.62. The first kappa shape index (κ1) is 45.9. The molecule has 4 heterocycles. The van der Waals surface area contributed by atoms with Gasteiger partial charge in [0.1, 0.15) is 11.2 Å². The van der Waals surface area contributed by atoms with E-state index in [4.69, 9.17) is 4.42 Å². The van der Waals surface area contributed by atoms with E-state index in [2.05, 4.69) is 255 Å². The average molecular weight is 954 g/mol. The zero-order chi connectivity index (χ0) is 50.6. The lowest BCUT2D eigenvalue weighted by molar-refractivity contribution is 0.195. The van der Waals surface area contributed by atoms with E-state index >= 15 is 0 Å². The van der Waals surface area contributed by atoms with Gasteiger partial charge in [-0.25, -0.2) is 0 Å². The molecular weight excluding hydrogens is 886 g/mol. The molecule has 73 heavy (non-hydrogen) atoms. The number of benzene rings is 8. The van der Waals surface area contributed by atoms with Crippen molar-refractivity contribution in [2.45, 2.75) is 129 Å². The third-order valence-corrected chi connectivity index (χ3v) is 17.9. The summed E-state index contributed by atoms with van der Waals surface area (Å²) in [4.78, 5) is 8.07. The normalized spacial score (nSPS) is 19.2. The van der Waals surface area contributed by atoms with Crippen molar-refractivity contribution in [3.63, 3.8) is 0 Å². The van der Waals surface area contributed by atoms with Crippen molar-refractivity contribution in [2.75, 3.05) is 14.7 Å². The quantitative estimate of drug-likeness (QED) is 0.164. The van der Waals surface area contributed by atoms with E-state index in [1.165, 1.54) is 109 Å². The van der Waals surface area contributed by atoms with Gasteiger partial charge in [0.25, 0.3) is 6.71 Å². The van der Waals surface area contributed by atoms with E-state index in [0.29, 0.717) is 0 Å². The van der Waals surface area contributed by atoms with Crippen LogP contribution in [0, 0.1) is 0 Å². The van der Waals surface area contributed by atoms with Crippen molar-refractivity contribution in [1.82, 2.24) is 0 Å². The summed E-state index contributed by atoms with van der Waals surface area (Å²) in [5.41, 5.74) is 23.2. The summed E-state index contributed by atoms with van der Waals surface area (Å²) in [5, 5.41) is 2.26. The van der Waals surface area contributed by atoms with Crippen LogP contribution in [0.5, 0.6) is 0 Å². The van der Waals surface area contributed by atoms with E-state index in [0.717, 1.165) is 34.0 Å². The lowest BCUT2D eigenvalue weighted by Gasteiger charge is -2.51. The van der Waals surface area contributed by atoms with Gasteiger partial charge in [-0.2, -0.15) is 0 Å². The van der Waals surface area contributed by atoms with Gasteiger partial charge in [-0.15, -0.1) is 0 Å². The van der Waals surface area contributed by atoms with Gasteiger partial charge in [0.15, 0.2) is 0 Å². The van der Waals surface area contributed by atoms with Crippen LogP contribution in [0.25, 0.3) is 33.1 Å². The Morgan fingerprint density at radius 1 is 0.452 bits per heavy atom. The third kappa shape index (κ3) is 6.79. The molecule has 3 aliphatic heterocycles. The van der Waals surface area contributed by atoms with Gasteiger partial charge >= 0.3 is 0 Å². The molecule has 364 valence electrons. The van der Waals surface area contributed by atoms with Gasteiger partial charge in [0.2, 0.25) is 0 Å². The first-order valence-electron chi connectivity index (χ1n) is 26.9. The second-order valence-electron chi connectivity index (χ2n) is 25.3. The number of hydrogen-bond acceptors (Lipinski definition) is 4. The maximum Gasteiger partial charge on any atom is 0.252 e. The van der Waals surface area contributed by atoms with Gasteiger partial charge < -0.3 is 19.1 Å². The van der Waals surface area contributed by atoms with Crippen LogP contribution in [0.4, 0.5) is 45.5 Å². The molecule has 0 N–H and O–H groups in total. The molecule has 5 heteroatoms. The smallest absolute Gasteiger partial charge is 0.252 e. The fourth-order valence-electron chi connectivity index (χ4n) is 13.6. The predicted octanol–water partition coefficient (Wildman–Crippen LogP) is 17.0. The molecule has 2 atom stereocenters. The Kier molecular flexibility index (Phi) is 9.90. The molecule has 0 saturated heterocycles. The fraction of sp³-hybridized carbons (Fsp3) is 0.294. The van der Waals surface area contributed by atoms with E-state index < -0.39 is 0 Å². The van der Waals surface area contributed by atoms with Crippen LogP contribution in [0.2, 0.25) is 0 Å². The van der Waals surface area contributed by atoms with Crippen molar-refractivity contribution in [3.8, 4) is 11.1 Å². The molecule has 1 aliphatic carbocycles. The molecule has 4 aliphatic rings. The van der Waals surface area contributed by atoms with Crippen molar-refractivity contribution in [3.05, 3.63) is 186 Å². The minimum absolute atomic E-state index is 0.0144. The average Bonchev–Trinajstić information content (AvgIpc) is 3.85. The predicted molar refractivity (Wildman–Crippen MR) is 312 cm³/mol. The summed E-state index contributed by atoms with van der Waals surface area (Å²) in [6.45, 7) is 26.2. The van der Waals surface area contributed by atoms with E-state index in [1.807, 2.05) is 0 Å². The molecule has 1 saturated carbocycles. The molecule has 0 radical (unpaired) electrons. The van der Waals surface area contributed by atoms with Crippen molar-refractivity contribution >= 4 is 90.5 Å². The number of furan rings is 1. The van der Waals surface area contributed by atoms with Crippen LogP contribution in [-0.2, 0) is 21.7 Å². The number of rotatable bonds is 4. The zero-order valence-corrected chi connectivity index (χ0v) is 44.7. The molecule has 0 spiro atoms. The summed E-state index contributed by atoms with van der Waals surface area (Å²) in [6, 6.07) is 63.1. The minimum atomic E-state index is -0.147. The van der Waals surface area contributed by atoms with E-state index in [1.54, 1.807) is 0 Å². The minimum Gasteiger partial charge on any atom is -0.456 e. The lowest BCUT2D eigenvalue weighted by atomic mass is 9.33. The molecule has 2 unspecified atom stereocenters. The van der Waals surface area contributed by atoms with Gasteiger partial charge in [-0.05, 0) is 147 Å². The molecule has 0 amide bonds. The Bertz CT molecular complexity index is 3710. The zero-order valence-electron chi connectivity index (χ0n) is 44.7. The Labute approximate surface area is 433 Å². The van der Waals surface area contributed by atoms with Crippen LogP contribution < -0.4 is 31.1 Å². The SMILES string of the molecule is CC(C)(C)c1ccc2c(c1)B1c3cc(C(C)(C)C)ccc3N(c3ccc(C(C)(C)C)cc3-c3ccccc3)c3cc(N4c5ccccc5C5(C)CCCCC45C)cc(c31)N2c1ccc2oc3ccccc3c2c1. The topological polar surface area (TPSA) is 22.9 Å². The second-order valence-corrected chi connectivity index (χ2v) is 25.3. The van der Waals surface area contributed by atoms with Crippen LogP contribution in [0.15, 0.2) is 168 Å². The summed E-state index contributed by atoms with van der Waals surface area (Å²) in [5.74, 6) is 0. The molecule has 13 rings (SSSR count). The Balaban J connectivity index is 1.19. The monoisotopic (exact) mass is 954 g/mol. The molecule has 9 aromatic rings. The van der Waals surface area contributed by atoms with Crippen LogP contribution in [-0.4, -0.2) is 12.3 Å². The highest BCUT2D eigenvalue weighted by molar-refractivity contribution is 7.00. The van der Waals surface area contributed by atoms with Crippen LogP contribution in [0.1, 0.15) is 124 Å². The van der Waals surface area contributed by atoms with Gasteiger partial charge in [-0.3, -0.25) is 0 Å². The van der Waals surface area contributed by atoms with Gasteiger partial charge in [-0.1, -0.05) is 179 Å². The summed E-state index contributed by atoms with van der Waals surface area (Å²) >= 11 is 0. The Hall–Kier alpha value is -6.98. The molecule has 8 aromatic carbocycles. The lowest BCUT2D eigenvalue weighted by Crippen LogP contribution is -2.62. The number of hydrogen-bond donors (Lipinski definition) is 0. The van der Waals surface area contributed by atoms with Gasteiger partial charge in [0, 0.05) is 61.6 Å². The molecule has 0 bridgehead atoms. The van der Waals surface area contributed by atoms with Crippen molar-refractivity contribution in [2.24, 2.45) is 0 Å². The highest BCUT2D eigenvalue weighted by Gasteiger charge is 2.58. The largest absolute Gasteiger partial charge is 0.456 e. The van der Waals surface area contributed by atoms with Crippen LogP contribution in [0.3, 0.4) is 0 Å². The third-order valence-electron chi connectivity index (χ3n) is 17.9. The molecule has 4 nitrogen and oxygen atoms in total. The Morgan fingerprint density at radius 3 is 1.70 bits per heavy atom. The van der Waals surface area contributed by atoms with Crippen molar-refractivity contribution < 1.29 is 4.42 Å². The fourth-order valence-corrected chi connectivity index (χ4v) is 13.6. The van der Waals surface area contributed by atoms with E-state index in [9.17, 15) is 0 Å². The highest BCUT2D eigenvalue weighted by atomic mass is 16.3. The maximum atomic E-state index is 6.53. The number of fused-ring (bicyclic) bond motifs is 10. The number of nitrogens with zero attached hydrogens (tertiary/aromatic N) is 3. The summed E-state index contributed by atoms with van der Waals surface area (Å²) < 4.78 is 6.53. The standard InChI is InChI=1S/C68H68BN3O/c1-64(2,3)44-27-31-55(50(37-44)43-21-13-12-14-22-43)71-58-33-29-46(66(7,8)9)39-54(58)69-53-38-45(65(4,5)6)28-32-57(53)70(47-30-34-62-51(40-47)49-23-15-18-26-61(49)73-62)59-41-48(42-60(71)63(59)69)72-56-25-17-16-24-52(56)67(10)35-19-20-36-68(67,72)11/h12-18,21-34,37-42H,19-20,35-36H2,1-11H3. The van der Waals surface area contributed by atoms with Crippen LogP contribution >= 0.6 is 0 Å². The molecule has 1 fully saturated rings. The summed E-state index contributed by atoms with van der Waals surface area (Å²) in [7, 11) is 0. The summed E-state index contributed by atoms with van der Waals surface area (Å²) in [6.07, 6.45) is 4.74. The molecule has 1 aromatic heterocycles. The number of para-hydroxylation sites is 2. The second kappa shape index (κ2) is 15.8. The van der Waals surface area contributed by atoms with Crippen molar-refractivity contribution in [1.29, 1.82) is 0 Å². The maximum absolute atomic E-state index is 6.53. The van der Waals surface area contributed by atoms with Gasteiger partial charge in [0.05, 0.1) is 11.2 Å². The first-order valence-corrected chi connectivity index (χ1v) is 26.9. The Morgan fingerprint density at radius 2 is 1.01 bits per heavy atom.